The third-order valence-electron chi connectivity index (χ3n) is 2.05. The molecule has 0 aromatic carbocycles. The van der Waals surface area contributed by atoms with Crippen molar-refractivity contribution in [1.82, 2.24) is 4.72 Å². The fourth-order valence-electron chi connectivity index (χ4n) is 1.33. The summed E-state index contributed by atoms with van der Waals surface area (Å²) in [4.78, 5) is 10.8. The minimum atomic E-state index is -3.76. The van der Waals surface area contributed by atoms with E-state index in [1.807, 2.05) is 13.8 Å². The number of carboxylic acid groups (broad SMARTS) is 1. The van der Waals surface area contributed by atoms with Gasteiger partial charge < -0.3 is 9.90 Å². The predicted molar refractivity (Wildman–Crippen MR) is 62.9 cm³/mol. The van der Waals surface area contributed by atoms with Crippen molar-refractivity contribution in [3.8, 4) is 0 Å². The van der Waals surface area contributed by atoms with Crippen LogP contribution in [0, 0.1) is 5.92 Å². The number of thiophene rings is 1. The Morgan fingerprint density at radius 1 is 1.53 bits per heavy atom. The number of hydrogen-bond acceptors (Lipinski definition) is 5. The first-order valence-corrected chi connectivity index (χ1v) is 7.46. The molecule has 0 fully saturated rings. The Balaban J connectivity index is 2.84. The molecule has 0 radical (unpaired) electrons. The van der Waals surface area contributed by atoms with Gasteiger partial charge in [0.1, 0.15) is 4.21 Å². The van der Waals surface area contributed by atoms with Gasteiger partial charge in [-0.25, -0.2) is 13.1 Å². The highest BCUT2D eigenvalue weighted by Gasteiger charge is 2.22. The Bertz CT molecular complexity index is 465. The summed E-state index contributed by atoms with van der Waals surface area (Å²) in [5.74, 6) is -1.34. The maximum Gasteiger partial charge on any atom is 0.250 e. The molecule has 0 saturated carbocycles. The standard InChI is InChI=1S/C10H15NO4S2/c1-7(2)6-8(10(12)13)11-17(14,15)9-4-3-5-16-9/h3-5,7-8,11H,6H2,1-2H3,(H,12,13)/p-1/t8-/m0/s1. The Labute approximate surface area is 105 Å². The van der Waals surface area contributed by atoms with E-state index in [1.165, 1.54) is 6.07 Å². The van der Waals surface area contributed by atoms with E-state index >= 15 is 0 Å². The number of nitrogens with one attached hydrogen (secondary N) is 1. The quantitative estimate of drug-likeness (QED) is 0.803. The first-order valence-electron chi connectivity index (χ1n) is 5.09. The van der Waals surface area contributed by atoms with Crippen molar-refractivity contribution in [2.24, 2.45) is 5.92 Å². The van der Waals surface area contributed by atoms with Crippen molar-refractivity contribution in [1.29, 1.82) is 0 Å². The van der Waals surface area contributed by atoms with E-state index < -0.39 is 22.0 Å². The number of aliphatic carboxylic acids is 1. The maximum absolute atomic E-state index is 11.8. The molecule has 1 heterocycles. The number of sulfonamides is 1. The lowest BCUT2D eigenvalue weighted by atomic mass is 10.1. The zero-order valence-electron chi connectivity index (χ0n) is 9.54. The summed E-state index contributed by atoms with van der Waals surface area (Å²) in [5, 5.41) is 12.5. The lowest BCUT2D eigenvalue weighted by Gasteiger charge is -2.20. The van der Waals surface area contributed by atoms with E-state index in [0.29, 0.717) is 0 Å². The highest BCUT2D eigenvalue weighted by Crippen LogP contribution is 2.17. The predicted octanol–water partition coefficient (Wildman–Crippen LogP) is 0.191. The molecular weight excluding hydrogens is 262 g/mol. The van der Waals surface area contributed by atoms with Crippen LogP contribution < -0.4 is 9.83 Å². The van der Waals surface area contributed by atoms with Crippen LogP contribution in [-0.2, 0) is 14.8 Å². The van der Waals surface area contributed by atoms with Gasteiger partial charge in [0.2, 0.25) is 0 Å². The number of carboxylic acids is 1. The molecule has 1 rings (SSSR count). The number of hydrogen-bond donors (Lipinski definition) is 1. The zero-order valence-corrected chi connectivity index (χ0v) is 11.2. The third kappa shape index (κ3) is 4.10. The fraction of sp³-hybridized carbons (Fsp3) is 0.500. The second kappa shape index (κ2) is 5.61. The SMILES string of the molecule is CC(C)C[C@H](NS(=O)(=O)c1cccs1)C(=O)[O-]. The average molecular weight is 276 g/mol. The van der Waals surface area contributed by atoms with Crippen LogP contribution in [-0.4, -0.2) is 20.4 Å². The summed E-state index contributed by atoms with van der Waals surface area (Å²) in [7, 11) is -3.76. The summed E-state index contributed by atoms with van der Waals surface area (Å²) in [6.07, 6.45) is 0.201. The summed E-state index contributed by atoms with van der Waals surface area (Å²) in [6, 6.07) is 1.83. The Hall–Kier alpha value is -0.920. The second-order valence-electron chi connectivity index (χ2n) is 4.05. The van der Waals surface area contributed by atoms with Crippen LogP contribution in [0.1, 0.15) is 20.3 Å². The topological polar surface area (TPSA) is 86.3 Å². The lowest BCUT2D eigenvalue weighted by Crippen LogP contribution is -2.48. The molecular formula is C10H14NO4S2-. The van der Waals surface area contributed by atoms with Gasteiger partial charge in [-0.1, -0.05) is 19.9 Å². The van der Waals surface area contributed by atoms with Gasteiger partial charge in [-0.2, -0.15) is 0 Å². The molecule has 0 aliphatic rings. The van der Waals surface area contributed by atoms with Crippen molar-refractivity contribution in [3.05, 3.63) is 17.5 Å². The van der Waals surface area contributed by atoms with Gasteiger partial charge in [-0.15, -0.1) is 11.3 Å². The smallest absolute Gasteiger partial charge is 0.250 e. The van der Waals surface area contributed by atoms with E-state index in [2.05, 4.69) is 4.72 Å². The lowest BCUT2D eigenvalue weighted by molar-refractivity contribution is -0.308. The zero-order chi connectivity index (χ0) is 13.1. The molecule has 0 bridgehead atoms. The summed E-state index contributed by atoms with van der Waals surface area (Å²) in [5.41, 5.74) is 0. The molecule has 0 saturated heterocycles. The molecule has 0 aliphatic heterocycles. The van der Waals surface area contributed by atoms with Gasteiger partial charge in [-0.05, 0) is 23.8 Å². The molecule has 1 aromatic rings. The average Bonchev–Trinajstić information content (AvgIpc) is 2.68. The molecule has 0 spiro atoms. The molecule has 96 valence electrons. The Morgan fingerprint density at radius 3 is 2.59 bits per heavy atom. The van der Waals surface area contributed by atoms with E-state index in [1.54, 1.807) is 11.4 Å². The largest absolute Gasteiger partial charge is 0.548 e. The Morgan fingerprint density at radius 2 is 2.18 bits per heavy atom. The van der Waals surface area contributed by atoms with E-state index in [-0.39, 0.29) is 16.5 Å². The van der Waals surface area contributed by atoms with E-state index in [4.69, 9.17) is 0 Å². The highest BCUT2D eigenvalue weighted by atomic mass is 32.2. The van der Waals surface area contributed by atoms with Crippen LogP contribution in [0.25, 0.3) is 0 Å². The fourth-order valence-corrected chi connectivity index (χ4v) is 3.53. The van der Waals surface area contributed by atoms with Gasteiger partial charge in [0.15, 0.2) is 0 Å². The van der Waals surface area contributed by atoms with Crippen LogP contribution in [0.5, 0.6) is 0 Å². The molecule has 0 amide bonds. The van der Waals surface area contributed by atoms with Crippen LogP contribution in [0.2, 0.25) is 0 Å². The summed E-state index contributed by atoms with van der Waals surface area (Å²) >= 11 is 1.04. The number of carbonyl (C=O) groups is 1. The molecule has 0 unspecified atom stereocenters. The molecule has 7 heteroatoms. The summed E-state index contributed by atoms with van der Waals surface area (Å²) in [6.45, 7) is 3.63. The van der Waals surface area contributed by atoms with E-state index in [0.717, 1.165) is 11.3 Å². The monoisotopic (exact) mass is 276 g/mol. The van der Waals surface area contributed by atoms with E-state index in [9.17, 15) is 18.3 Å². The van der Waals surface area contributed by atoms with Crippen LogP contribution in [0.15, 0.2) is 21.7 Å². The highest BCUT2D eigenvalue weighted by molar-refractivity contribution is 7.91. The molecule has 1 N–H and O–H groups in total. The third-order valence-corrected chi connectivity index (χ3v) is 4.92. The first kappa shape index (κ1) is 14.1. The number of carbonyl (C=O) groups excluding carboxylic acids is 1. The van der Waals surface area contributed by atoms with Crippen molar-refractivity contribution in [2.75, 3.05) is 0 Å². The molecule has 17 heavy (non-hydrogen) atoms. The normalized spacial score (nSPS) is 13.8. The van der Waals surface area contributed by atoms with Gasteiger partial charge >= 0.3 is 0 Å². The van der Waals surface area contributed by atoms with Crippen LogP contribution in [0.3, 0.4) is 0 Å². The molecule has 1 aromatic heterocycles. The van der Waals surface area contributed by atoms with Gasteiger partial charge in [0.25, 0.3) is 10.0 Å². The van der Waals surface area contributed by atoms with Crippen molar-refractivity contribution in [3.63, 3.8) is 0 Å². The van der Waals surface area contributed by atoms with Gasteiger partial charge in [0, 0.05) is 0 Å². The maximum atomic E-state index is 11.8. The molecule has 0 aliphatic carbocycles. The first-order chi connectivity index (χ1) is 7.83. The van der Waals surface area contributed by atoms with Gasteiger partial charge in [0.05, 0.1) is 12.0 Å². The van der Waals surface area contributed by atoms with Crippen molar-refractivity contribution >= 4 is 27.3 Å². The van der Waals surface area contributed by atoms with Crippen LogP contribution >= 0.6 is 11.3 Å². The number of rotatable bonds is 6. The van der Waals surface area contributed by atoms with Gasteiger partial charge in [-0.3, -0.25) is 0 Å². The Kier molecular flexibility index (Phi) is 4.67. The van der Waals surface area contributed by atoms with Crippen LogP contribution in [0.4, 0.5) is 0 Å². The molecule has 5 nitrogen and oxygen atoms in total. The minimum Gasteiger partial charge on any atom is -0.548 e. The summed E-state index contributed by atoms with van der Waals surface area (Å²) < 4.78 is 25.8. The van der Waals surface area contributed by atoms with Crippen molar-refractivity contribution in [2.45, 2.75) is 30.5 Å². The van der Waals surface area contributed by atoms with Crippen molar-refractivity contribution < 1.29 is 18.3 Å². The second-order valence-corrected chi connectivity index (χ2v) is 6.94. The molecule has 1 atom stereocenters. The minimum absolute atomic E-state index is 0.0592.